The molecule has 22 heavy (non-hydrogen) atoms. The maximum Gasteiger partial charge on any atom is 0.287 e. The second-order valence-corrected chi connectivity index (χ2v) is 4.34. The first-order valence-electron chi connectivity index (χ1n) is 6.39. The van der Waals surface area contributed by atoms with Gasteiger partial charge in [0.15, 0.2) is 5.96 Å². The fraction of sp³-hybridized carbons (Fsp3) is 0.143. The highest BCUT2D eigenvalue weighted by Crippen LogP contribution is 2.14. The molecule has 0 unspecified atom stereocenters. The number of guanidine groups is 1. The van der Waals surface area contributed by atoms with Crippen molar-refractivity contribution in [3.05, 3.63) is 58.3 Å². The van der Waals surface area contributed by atoms with Gasteiger partial charge in [-0.25, -0.2) is 9.98 Å². The van der Waals surface area contributed by atoms with Crippen LogP contribution in [0, 0.1) is 10.1 Å². The van der Waals surface area contributed by atoms with E-state index in [9.17, 15) is 10.1 Å². The van der Waals surface area contributed by atoms with Crippen LogP contribution in [0.3, 0.4) is 0 Å². The molecular weight excluding hydrogens is 286 g/mol. The monoisotopic (exact) mass is 301 g/mol. The van der Waals surface area contributed by atoms with Crippen molar-refractivity contribution < 1.29 is 9.66 Å². The minimum Gasteiger partial charge on any atom is -0.497 e. The van der Waals surface area contributed by atoms with E-state index in [-0.39, 0.29) is 11.6 Å². The number of benzene rings is 1. The lowest BCUT2D eigenvalue weighted by molar-refractivity contribution is -0.385. The summed E-state index contributed by atoms with van der Waals surface area (Å²) in [4.78, 5) is 18.1. The molecule has 0 saturated heterocycles. The van der Waals surface area contributed by atoms with Crippen molar-refractivity contribution in [2.75, 3.05) is 12.4 Å². The van der Waals surface area contributed by atoms with E-state index >= 15 is 0 Å². The molecule has 0 bridgehead atoms. The molecule has 0 atom stereocenters. The molecule has 1 aromatic carbocycles. The minimum absolute atomic E-state index is 0.0857. The molecule has 2 rings (SSSR count). The highest BCUT2D eigenvalue weighted by molar-refractivity contribution is 5.91. The van der Waals surface area contributed by atoms with Gasteiger partial charge in [-0.2, -0.15) is 0 Å². The molecule has 0 spiro atoms. The molecule has 0 aliphatic heterocycles. The van der Waals surface area contributed by atoms with E-state index in [1.807, 2.05) is 24.3 Å². The lowest BCUT2D eigenvalue weighted by atomic mass is 10.2. The summed E-state index contributed by atoms with van der Waals surface area (Å²) >= 11 is 0. The molecule has 3 N–H and O–H groups in total. The topological polar surface area (TPSA) is 116 Å². The first kappa shape index (κ1) is 15.2. The number of pyridine rings is 1. The number of nitrogens with zero attached hydrogens (tertiary/aromatic N) is 3. The Morgan fingerprint density at radius 1 is 1.45 bits per heavy atom. The Hall–Kier alpha value is -3.16. The molecule has 8 nitrogen and oxygen atoms in total. The van der Waals surface area contributed by atoms with E-state index < -0.39 is 4.92 Å². The number of hydrogen-bond acceptors (Lipinski definition) is 5. The molecule has 8 heteroatoms. The molecule has 1 heterocycles. The van der Waals surface area contributed by atoms with Crippen LogP contribution in [0.15, 0.2) is 47.6 Å². The standard InChI is InChI=1S/C14H15N5O3/c1-22-12-4-2-3-10(7-12)8-17-14(15)18-13-6-5-11(9-16-13)19(20)21/h2-7,9H,8H2,1H3,(H3,15,16,17,18). The van der Waals surface area contributed by atoms with Gasteiger partial charge in [-0.3, -0.25) is 10.1 Å². The maximum absolute atomic E-state index is 10.5. The van der Waals surface area contributed by atoms with E-state index in [1.54, 1.807) is 7.11 Å². The third kappa shape index (κ3) is 4.17. The summed E-state index contributed by atoms with van der Waals surface area (Å²) in [6.45, 7) is 0.378. The second-order valence-electron chi connectivity index (χ2n) is 4.34. The van der Waals surface area contributed by atoms with Crippen LogP contribution in [0.2, 0.25) is 0 Å². The van der Waals surface area contributed by atoms with Crippen molar-refractivity contribution in [1.82, 2.24) is 4.98 Å². The Morgan fingerprint density at radius 3 is 2.91 bits per heavy atom. The fourth-order valence-electron chi connectivity index (χ4n) is 1.69. The van der Waals surface area contributed by atoms with E-state index in [2.05, 4.69) is 15.3 Å². The van der Waals surface area contributed by atoms with Crippen molar-refractivity contribution >= 4 is 17.5 Å². The maximum atomic E-state index is 10.5. The van der Waals surface area contributed by atoms with Crippen molar-refractivity contribution in [3.63, 3.8) is 0 Å². The number of ether oxygens (including phenoxy) is 1. The van der Waals surface area contributed by atoms with Gasteiger partial charge in [0.1, 0.15) is 17.8 Å². The molecule has 0 aliphatic rings. The van der Waals surface area contributed by atoms with E-state index in [0.717, 1.165) is 17.5 Å². The van der Waals surface area contributed by atoms with Crippen LogP contribution >= 0.6 is 0 Å². The van der Waals surface area contributed by atoms with Crippen LogP contribution in [0.25, 0.3) is 0 Å². The average molecular weight is 301 g/mol. The SMILES string of the molecule is COc1cccc(CN=C(N)Nc2ccc([N+](=O)[O-])cn2)c1. The van der Waals surface area contributed by atoms with Gasteiger partial charge < -0.3 is 15.8 Å². The van der Waals surface area contributed by atoms with Gasteiger partial charge in [0.05, 0.1) is 18.6 Å². The number of anilines is 1. The van der Waals surface area contributed by atoms with Gasteiger partial charge in [0, 0.05) is 6.07 Å². The van der Waals surface area contributed by atoms with Gasteiger partial charge in [-0.05, 0) is 23.8 Å². The summed E-state index contributed by atoms with van der Waals surface area (Å²) < 4.78 is 5.13. The molecule has 0 fully saturated rings. The molecule has 0 saturated carbocycles. The number of hydrogen-bond donors (Lipinski definition) is 2. The lowest BCUT2D eigenvalue weighted by Crippen LogP contribution is -2.23. The Bertz CT molecular complexity index is 685. The quantitative estimate of drug-likeness (QED) is 0.377. The third-order valence-corrected chi connectivity index (χ3v) is 2.78. The van der Waals surface area contributed by atoms with Crippen LogP contribution < -0.4 is 15.8 Å². The van der Waals surface area contributed by atoms with E-state index in [1.165, 1.54) is 12.1 Å². The molecule has 0 radical (unpaired) electrons. The normalized spacial score (nSPS) is 11.0. The molecule has 114 valence electrons. The molecule has 0 aliphatic carbocycles. The van der Waals surface area contributed by atoms with Crippen LogP contribution in [0.5, 0.6) is 5.75 Å². The summed E-state index contributed by atoms with van der Waals surface area (Å²) in [5.41, 5.74) is 6.62. The summed E-state index contributed by atoms with van der Waals surface area (Å²) in [6.07, 6.45) is 1.15. The minimum atomic E-state index is -0.517. The lowest BCUT2D eigenvalue weighted by Gasteiger charge is -2.05. The van der Waals surface area contributed by atoms with Gasteiger partial charge in [-0.1, -0.05) is 12.1 Å². The average Bonchev–Trinajstić information content (AvgIpc) is 2.53. The van der Waals surface area contributed by atoms with Crippen LogP contribution in [-0.2, 0) is 6.54 Å². The number of aliphatic imine (C=N–C) groups is 1. The smallest absolute Gasteiger partial charge is 0.287 e. The summed E-state index contributed by atoms with van der Waals surface area (Å²) in [5.74, 6) is 1.30. The zero-order chi connectivity index (χ0) is 15.9. The number of nitrogens with one attached hydrogen (secondary N) is 1. The zero-order valence-electron chi connectivity index (χ0n) is 11.9. The first-order chi connectivity index (χ1) is 10.6. The second kappa shape index (κ2) is 7.02. The largest absolute Gasteiger partial charge is 0.497 e. The van der Waals surface area contributed by atoms with Crippen molar-refractivity contribution in [2.45, 2.75) is 6.54 Å². The third-order valence-electron chi connectivity index (χ3n) is 2.78. The van der Waals surface area contributed by atoms with Gasteiger partial charge >= 0.3 is 0 Å². The van der Waals surface area contributed by atoms with Gasteiger partial charge in [0.2, 0.25) is 0 Å². The van der Waals surface area contributed by atoms with Crippen LogP contribution in [0.4, 0.5) is 11.5 Å². The van der Waals surface area contributed by atoms with E-state index in [0.29, 0.717) is 12.4 Å². The molecule has 2 aromatic rings. The van der Waals surface area contributed by atoms with Gasteiger partial charge in [-0.15, -0.1) is 0 Å². The van der Waals surface area contributed by atoms with Crippen LogP contribution in [0.1, 0.15) is 5.56 Å². The molecule has 1 aromatic heterocycles. The van der Waals surface area contributed by atoms with Crippen molar-refractivity contribution in [2.24, 2.45) is 10.7 Å². The van der Waals surface area contributed by atoms with Crippen LogP contribution in [-0.4, -0.2) is 23.0 Å². The summed E-state index contributed by atoms with van der Waals surface area (Å²) in [7, 11) is 1.60. The van der Waals surface area contributed by atoms with E-state index in [4.69, 9.17) is 10.5 Å². The summed E-state index contributed by atoms with van der Waals surface area (Å²) in [5, 5.41) is 13.3. The molecule has 0 amide bonds. The predicted molar refractivity (Wildman–Crippen MR) is 82.8 cm³/mol. The number of rotatable bonds is 5. The zero-order valence-corrected chi connectivity index (χ0v) is 11.9. The number of aromatic nitrogens is 1. The first-order valence-corrected chi connectivity index (χ1v) is 6.39. The van der Waals surface area contributed by atoms with Gasteiger partial charge in [0.25, 0.3) is 5.69 Å². The number of methoxy groups -OCH3 is 1. The highest BCUT2D eigenvalue weighted by atomic mass is 16.6. The van der Waals surface area contributed by atoms with Crippen molar-refractivity contribution in [3.8, 4) is 5.75 Å². The number of nitrogens with two attached hydrogens (primary N) is 1. The Balaban J connectivity index is 1.98. The number of nitro groups is 1. The fourth-order valence-corrected chi connectivity index (χ4v) is 1.69. The Morgan fingerprint density at radius 2 is 2.27 bits per heavy atom. The highest BCUT2D eigenvalue weighted by Gasteiger charge is 2.05. The summed E-state index contributed by atoms with van der Waals surface area (Å²) in [6, 6.07) is 10.3. The van der Waals surface area contributed by atoms with Crippen molar-refractivity contribution in [1.29, 1.82) is 0 Å². The Labute approximate surface area is 126 Å². The predicted octanol–water partition coefficient (Wildman–Crippen LogP) is 1.93. The molecular formula is C14H15N5O3. The Kier molecular flexibility index (Phi) is 4.86.